The largest absolute Gasteiger partial charge is 0.497 e. The Morgan fingerprint density at radius 3 is 3.21 bits per heavy atom. The zero-order chi connectivity index (χ0) is 13.4. The molecule has 3 aliphatic rings. The van der Waals surface area contributed by atoms with E-state index in [1.54, 1.807) is 12.3 Å². The summed E-state index contributed by atoms with van der Waals surface area (Å²) in [7, 11) is -0.501. The van der Waals surface area contributed by atoms with E-state index in [1.165, 1.54) is 0 Å². The Morgan fingerprint density at radius 2 is 2.42 bits per heavy atom. The fourth-order valence-electron chi connectivity index (χ4n) is 2.31. The van der Waals surface area contributed by atoms with Gasteiger partial charge < -0.3 is 24.5 Å². The molecule has 8 heteroatoms. The van der Waals surface area contributed by atoms with Gasteiger partial charge in [-0.05, 0) is 22.7 Å². The first kappa shape index (κ1) is 12.6. The van der Waals surface area contributed by atoms with Crippen LogP contribution in [0.15, 0.2) is 34.0 Å². The summed E-state index contributed by atoms with van der Waals surface area (Å²) in [6.45, 7) is 0.973. The summed E-state index contributed by atoms with van der Waals surface area (Å²) in [6.07, 6.45) is 1.68. The van der Waals surface area contributed by atoms with Crippen LogP contribution in [-0.2, 0) is 14.0 Å². The number of halogens is 1. The van der Waals surface area contributed by atoms with E-state index in [-0.39, 0.29) is 6.54 Å². The monoisotopic (exact) mass is 283 g/mol. The molecule has 0 aliphatic carbocycles. The van der Waals surface area contributed by atoms with Gasteiger partial charge in [-0.1, -0.05) is 11.6 Å². The van der Waals surface area contributed by atoms with Gasteiger partial charge >= 0.3 is 13.2 Å². The van der Waals surface area contributed by atoms with Crippen LogP contribution >= 0.6 is 11.6 Å². The molecule has 1 amide bonds. The third-order valence-corrected chi connectivity index (χ3v) is 3.62. The maximum absolute atomic E-state index is 10.5. The molecule has 0 saturated heterocycles. The summed E-state index contributed by atoms with van der Waals surface area (Å²) in [6, 6.07) is 0. The molecule has 0 radical (unpaired) electrons. The van der Waals surface area contributed by atoms with Gasteiger partial charge in [0.25, 0.3) is 0 Å². The average molecular weight is 283 g/mol. The van der Waals surface area contributed by atoms with E-state index in [4.69, 9.17) is 30.8 Å². The highest BCUT2D eigenvalue weighted by Gasteiger charge is 2.43. The Balaban J connectivity index is 1.93. The number of hydrogen-bond acceptors (Lipinski definition) is 4. The zero-order valence-corrected chi connectivity index (χ0v) is 10.6. The van der Waals surface area contributed by atoms with E-state index in [9.17, 15) is 4.79 Å². The lowest BCUT2D eigenvalue weighted by molar-refractivity contribution is 0.162. The fraction of sp³-hybridized carbons (Fsp3) is 0.364. The van der Waals surface area contributed by atoms with Crippen molar-refractivity contribution in [1.29, 1.82) is 0 Å². The molecule has 0 bridgehead atoms. The van der Waals surface area contributed by atoms with Gasteiger partial charge in [0.05, 0.1) is 30.5 Å². The minimum Gasteiger partial charge on any atom is -0.497 e. The lowest BCUT2D eigenvalue weighted by Crippen LogP contribution is -2.41. The third kappa shape index (κ3) is 2.24. The maximum atomic E-state index is 10.5. The summed E-state index contributed by atoms with van der Waals surface area (Å²) in [4.78, 5) is 10.5. The minimum atomic E-state index is -1.12. The number of carboxylic acid groups (broad SMARTS) is 1. The Labute approximate surface area is 114 Å². The maximum Gasteiger partial charge on any atom is 0.495 e. The molecule has 100 valence electrons. The summed E-state index contributed by atoms with van der Waals surface area (Å²) in [5.74, 6) is 0. The summed E-state index contributed by atoms with van der Waals surface area (Å²) < 4.78 is 16.5. The van der Waals surface area contributed by atoms with Crippen LogP contribution in [0.2, 0.25) is 0 Å². The topological polar surface area (TPSA) is 77.0 Å². The third-order valence-electron chi connectivity index (χ3n) is 3.17. The zero-order valence-electron chi connectivity index (χ0n) is 9.89. The summed E-state index contributed by atoms with van der Waals surface area (Å²) in [5, 5.41) is 11.4. The molecule has 0 fully saturated rings. The standard InChI is InChI=1S/C11H11BClNO5/c13-10-7-1-2-17-4-6-5-18-12(9(6)7)19-8(10)3-14-11(15)16/h1-2,8,14H,3-5H2,(H,15,16). The quantitative estimate of drug-likeness (QED) is 0.741. The number of allylic oxidation sites excluding steroid dienone is 3. The molecule has 3 rings (SSSR count). The number of ether oxygens (including phenoxy) is 1. The number of nitrogens with one attached hydrogen (secondary N) is 1. The van der Waals surface area contributed by atoms with Gasteiger partial charge in [-0.25, -0.2) is 4.79 Å². The molecule has 0 aromatic heterocycles. The predicted molar refractivity (Wildman–Crippen MR) is 67.6 cm³/mol. The van der Waals surface area contributed by atoms with Crippen molar-refractivity contribution in [3.05, 3.63) is 34.0 Å². The molecule has 0 spiro atoms. The molecule has 6 nitrogen and oxygen atoms in total. The highest BCUT2D eigenvalue weighted by atomic mass is 35.5. The van der Waals surface area contributed by atoms with Gasteiger partial charge in [0.2, 0.25) is 0 Å². The molecule has 0 saturated carbocycles. The van der Waals surface area contributed by atoms with Crippen molar-refractivity contribution in [3.8, 4) is 0 Å². The van der Waals surface area contributed by atoms with Crippen molar-refractivity contribution in [1.82, 2.24) is 5.32 Å². The van der Waals surface area contributed by atoms with E-state index >= 15 is 0 Å². The normalized spacial score (nSPS) is 25.1. The lowest BCUT2D eigenvalue weighted by atomic mass is 9.70. The van der Waals surface area contributed by atoms with E-state index in [0.717, 1.165) is 16.6 Å². The van der Waals surface area contributed by atoms with Gasteiger partial charge in [0.15, 0.2) is 0 Å². The molecule has 1 unspecified atom stereocenters. The fourth-order valence-corrected chi connectivity index (χ4v) is 2.60. The van der Waals surface area contributed by atoms with E-state index in [2.05, 4.69) is 5.32 Å². The van der Waals surface area contributed by atoms with Crippen LogP contribution in [0, 0.1) is 0 Å². The van der Waals surface area contributed by atoms with Crippen molar-refractivity contribution < 1.29 is 23.9 Å². The second kappa shape index (κ2) is 4.92. The smallest absolute Gasteiger partial charge is 0.495 e. The van der Waals surface area contributed by atoms with Crippen LogP contribution in [0.25, 0.3) is 0 Å². The first-order valence-corrected chi connectivity index (χ1v) is 6.18. The Morgan fingerprint density at radius 1 is 1.58 bits per heavy atom. The van der Waals surface area contributed by atoms with Gasteiger partial charge in [0.1, 0.15) is 6.61 Å². The van der Waals surface area contributed by atoms with E-state index < -0.39 is 19.3 Å². The van der Waals surface area contributed by atoms with Crippen LogP contribution in [0.3, 0.4) is 0 Å². The van der Waals surface area contributed by atoms with Gasteiger partial charge in [-0.3, -0.25) is 0 Å². The van der Waals surface area contributed by atoms with E-state index in [0.29, 0.717) is 18.2 Å². The molecule has 0 aromatic rings. The first-order chi connectivity index (χ1) is 9.16. The SMILES string of the molecule is O=C(O)NCC1OB2OCC3=C2C(=C1Cl)C=COC3. The molecule has 1 atom stereocenters. The molecule has 2 N–H and O–H groups in total. The van der Waals surface area contributed by atoms with E-state index in [1.807, 2.05) is 0 Å². The second-order valence-electron chi connectivity index (χ2n) is 4.35. The molecule has 19 heavy (non-hydrogen) atoms. The van der Waals surface area contributed by atoms with Crippen LogP contribution in [0.4, 0.5) is 4.79 Å². The Hall–Kier alpha value is -1.44. The summed E-state index contributed by atoms with van der Waals surface area (Å²) in [5.41, 5.74) is 2.72. The molecular weight excluding hydrogens is 272 g/mol. The summed E-state index contributed by atoms with van der Waals surface area (Å²) >= 11 is 6.30. The van der Waals surface area contributed by atoms with Gasteiger partial charge in [-0.2, -0.15) is 0 Å². The van der Waals surface area contributed by atoms with Gasteiger partial charge in [-0.15, -0.1) is 0 Å². The first-order valence-electron chi connectivity index (χ1n) is 5.81. The van der Waals surface area contributed by atoms with Crippen LogP contribution in [0.5, 0.6) is 0 Å². The van der Waals surface area contributed by atoms with Gasteiger partial charge in [0, 0.05) is 0 Å². The number of amides is 1. The highest BCUT2D eigenvalue weighted by molar-refractivity contribution is 6.58. The Kier molecular flexibility index (Phi) is 3.26. The van der Waals surface area contributed by atoms with Crippen molar-refractivity contribution in [2.75, 3.05) is 19.8 Å². The minimum absolute atomic E-state index is 0.0782. The number of hydrogen-bond donors (Lipinski definition) is 2. The van der Waals surface area contributed by atoms with Crippen molar-refractivity contribution in [2.24, 2.45) is 0 Å². The number of carbonyl (C=O) groups is 1. The lowest BCUT2D eigenvalue weighted by Gasteiger charge is -2.27. The van der Waals surface area contributed by atoms with Crippen LogP contribution in [0.1, 0.15) is 0 Å². The molecule has 3 heterocycles. The van der Waals surface area contributed by atoms with Crippen LogP contribution < -0.4 is 5.32 Å². The Bertz CT molecular complexity index is 515. The second-order valence-corrected chi connectivity index (χ2v) is 4.75. The van der Waals surface area contributed by atoms with Crippen molar-refractivity contribution in [3.63, 3.8) is 0 Å². The molecule has 3 aliphatic heterocycles. The molecular formula is C11H11BClNO5. The predicted octanol–water partition coefficient (Wildman–Crippen LogP) is 1.04. The van der Waals surface area contributed by atoms with Crippen molar-refractivity contribution in [2.45, 2.75) is 6.10 Å². The number of rotatable bonds is 2. The average Bonchev–Trinajstić information content (AvgIpc) is 2.65. The molecule has 0 aromatic carbocycles. The van der Waals surface area contributed by atoms with Crippen LogP contribution in [-0.4, -0.2) is 44.2 Å². The van der Waals surface area contributed by atoms with Crippen molar-refractivity contribution >= 4 is 24.8 Å². The highest BCUT2D eigenvalue weighted by Crippen LogP contribution is 2.38.